The van der Waals surface area contributed by atoms with Crippen molar-refractivity contribution < 1.29 is 24.1 Å². The highest BCUT2D eigenvalue weighted by molar-refractivity contribution is 5.89. The summed E-state index contributed by atoms with van der Waals surface area (Å²) in [6.07, 6.45) is 3.46. The van der Waals surface area contributed by atoms with Crippen LogP contribution < -0.4 is 0 Å². The molecule has 30 heavy (non-hydrogen) atoms. The normalized spacial score (nSPS) is 29.3. The lowest BCUT2D eigenvalue weighted by molar-refractivity contribution is -0.203. The number of aliphatic hydroxyl groups is 1. The Morgan fingerprint density at radius 3 is 2.63 bits per heavy atom. The Balaban J connectivity index is 1.60. The van der Waals surface area contributed by atoms with Crippen molar-refractivity contribution in [1.29, 1.82) is 0 Å². The molecule has 1 heterocycles. The number of esters is 1. The van der Waals surface area contributed by atoms with Gasteiger partial charge in [0.25, 0.3) is 0 Å². The second-order valence-electron chi connectivity index (χ2n) is 8.87. The lowest BCUT2D eigenvalue weighted by Gasteiger charge is -2.54. The molecule has 1 aliphatic heterocycles. The summed E-state index contributed by atoms with van der Waals surface area (Å²) in [6.45, 7) is 1.28. The van der Waals surface area contributed by atoms with Gasteiger partial charge in [-0.3, -0.25) is 0 Å². The van der Waals surface area contributed by atoms with E-state index in [0.717, 1.165) is 36.8 Å². The lowest BCUT2D eigenvalue weighted by atomic mass is 9.53. The maximum Gasteiger partial charge on any atom is 0.337 e. The van der Waals surface area contributed by atoms with Crippen molar-refractivity contribution in [2.24, 2.45) is 5.92 Å². The third kappa shape index (κ3) is 3.16. The first-order valence-corrected chi connectivity index (χ1v) is 10.8. The molecule has 3 atom stereocenters. The van der Waals surface area contributed by atoms with E-state index in [4.69, 9.17) is 14.2 Å². The highest BCUT2D eigenvalue weighted by Gasteiger charge is 2.55. The van der Waals surface area contributed by atoms with Crippen molar-refractivity contribution >= 4 is 5.97 Å². The van der Waals surface area contributed by atoms with Gasteiger partial charge in [0, 0.05) is 18.3 Å². The summed E-state index contributed by atoms with van der Waals surface area (Å²) in [7, 11) is 1.38. The minimum absolute atomic E-state index is 0.120. The maximum atomic E-state index is 12.1. The molecule has 3 unspecified atom stereocenters. The summed E-state index contributed by atoms with van der Waals surface area (Å²) in [5, 5.41) is 11.1. The SMILES string of the molecule is COC(=O)c1ccc2c(c1)C(O)CC1CC3(CCC21Cc1ccccc1)OCCO3. The fraction of sp³-hybridized carbons (Fsp3) is 0.480. The summed E-state index contributed by atoms with van der Waals surface area (Å²) in [5.41, 5.74) is 3.65. The molecule has 0 aromatic heterocycles. The first-order chi connectivity index (χ1) is 14.6. The number of benzene rings is 2. The van der Waals surface area contributed by atoms with E-state index >= 15 is 0 Å². The smallest absolute Gasteiger partial charge is 0.337 e. The number of carbonyl (C=O) groups is 1. The minimum Gasteiger partial charge on any atom is -0.465 e. The number of hydrogen-bond donors (Lipinski definition) is 1. The molecule has 1 saturated carbocycles. The number of rotatable bonds is 3. The quantitative estimate of drug-likeness (QED) is 0.780. The van der Waals surface area contributed by atoms with Gasteiger partial charge in [-0.05, 0) is 54.0 Å². The molecule has 3 aliphatic rings. The van der Waals surface area contributed by atoms with Gasteiger partial charge in [0.15, 0.2) is 5.79 Å². The van der Waals surface area contributed by atoms with Gasteiger partial charge in [0.2, 0.25) is 0 Å². The fourth-order valence-corrected chi connectivity index (χ4v) is 5.93. The second kappa shape index (κ2) is 7.49. The molecule has 1 saturated heterocycles. The van der Waals surface area contributed by atoms with Gasteiger partial charge < -0.3 is 19.3 Å². The molecule has 0 radical (unpaired) electrons. The summed E-state index contributed by atoms with van der Waals surface area (Å²) in [5.74, 6) is -0.649. The van der Waals surface area contributed by atoms with E-state index in [0.29, 0.717) is 25.2 Å². The predicted octanol–water partition coefficient (Wildman–Crippen LogP) is 3.93. The van der Waals surface area contributed by atoms with Crippen LogP contribution in [0.2, 0.25) is 0 Å². The molecule has 2 aromatic rings. The highest BCUT2D eigenvalue weighted by atomic mass is 16.7. The van der Waals surface area contributed by atoms with Gasteiger partial charge in [-0.25, -0.2) is 4.79 Å². The molecule has 5 heteroatoms. The van der Waals surface area contributed by atoms with Crippen LogP contribution in [0.25, 0.3) is 0 Å². The molecule has 158 valence electrons. The van der Waals surface area contributed by atoms with E-state index in [2.05, 4.69) is 24.3 Å². The molecule has 1 N–H and O–H groups in total. The summed E-state index contributed by atoms with van der Waals surface area (Å²) < 4.78 is 17.0. The Kier molecular flexibility index (Phi) is 4.92. The summed E-state index contributed by atoms with van der Waals surface area (Å²) in [6, 6.07) is 16.2. The largest absolute Gasteiger partial charge is 0.465 e. The van der Waals surface area contributed by atoms with Crippen LogP contribution in [0, 0.1) is 5.92 Å². The third-order valence-corrected chi connectivity index (χ3v) is 7.34. The molecule has 2 aromatic carbocycles. The van der Waals surface area contributed by atoms with E-state index in [9.17, 15) is 9.90 Å². The molecule has 0 amide bonds. The number of hydrogen-bond acceptors (Lipinski definition) is 5. The average molecular weight is 408 g/mol. The molecule has 2 fully saturated rings. The van der Waals surface area contributed by atoms with Crippen molar-refractivity contribution in [2.45, 2.75) is 49.4 Å². The van der Waals surface area contributed by atoms with E-state index in [1.54, 1.807) is 0 Å². The Labute approximate surface area is 177 Å². The minimum atomic E-state index is -0.616. The Morgan fingerprint density at radius 1 is 1.13 bits per heavy atom. The fourth-order valence-electron chi connectivity index (χ4n) is 5.93. The van der Waals surface area contributed by atoms with Crippen molar-refractivity contribution in [3.63, 3.8) is 0 Å². The zero-order valence-electron chi connectivity index (χ0n) is 17.3. The van der Waals surface area contributed by atoms with Crippen LogP contribution in [0.3, 0.4) is 0 Å². The van der Waals surface area contributed by atoms with Gasteiger partial charge in [-0.1, -0.05) is 36.4 Å². The van der Waals surface area contributed by atoms with Crippen molar-refractivity contribution in [1.82, 2.24) is 0 Å². The first kappa shape index (κ1) is 19.7. The van der Waals surface area contributed by atoms with E-state index in [1.807, 2.05) is 24.3 Å². The molecule has 5 rings (SSSR count). The van der Waals surface area contributed by atoms with Gasteiger partial charge in [-0.2, -0.15) is 0 Å². The maximum absolute atomic E-state index is 12.1. The molecule has 0 bridgehead atoms. The summed E-state index contributed by atoms with van der Waals surface area (Å²) >= 11 is 0. The number of ether oxygens (including phenoxy) is 3. The van der Waals surface area contributed by atoms with Crippen molar-refractivity contribution in [3.05, 3.63) is 70.8 Å². The summed E-state index contributed by atoms with van der Waals surface area (Å²) in [4.78, 5) is 12.1. The Hall–Kier alpha value is -2.21. The van der Waals surface area contributed by atoms with Crippen LogP contribution >= 0.6 is 0 Å². The standard InChI is InChI=1S/C25H28O5/c1-28-23(27)18-7-8-21-20(13-18)22(26)14-19-16-25(29-11-12-30-25)10-9-24(19,21)15-17-5-3-2-4-6-17/h2-8,13,19,22,26H,9-12,14-16H2,1H3. The van der Waals surface area contributed by atoms with Crippen LogP contribution in [0.4, 0.5) is 0 Å². The van der Waals surface area contributed by atoms with Gasteiger partial charge in [0.1, 0.15) is 0 Å². The van der Waals surface area contributed by atoms with Crippen LogP contribution in [0.1, 0.15) is 58.8 Å². The van der Waals surface area contributed by atoms with Crippen LogP contribution in [0.15, 0.2) is 48.5 Å². The topological polar surface area (TPSA) is 65.0 Å². The highest BCUT2D eigenvalue weighted by Crippen LogP contribution is 2.58. The van der Waals surface area contributed by atoms with Gasteiger partial charge in [0.05, 0.1) is 32.0 Å². The van der Waals surface area contributed by atoms with Crippen molar-refractivity contribution in [3.8, 4) is 0 Å². The first-order valence-electron chi connectivity index (χ1n) is 10.8. The van der Waals surface area contributed by atoms with Crippen LogP contribution in [-0.4, -0.2) is 37.2 Å². The predicted molar refractivity (Wildman–Crippen MR) is 111 cm³/mol. The lowest BCUT2D eigenvalue weighted by Crippen LogP contribution is -2.52. The third-order valence-electron chi connectivity index (χ3n) is 7.34. The zero-order chi connectivity index (χ0) is 20.8. The number of fused-ring (bicyclic) bond motifs is 3. The molecular formula is C25H28O5. The van der Waals surface area contributed by atoms with E-state index < -0.39 is 11.9 Å². The molecular weight excluding hydrogens is 380 g/mol. The van der Waals surface area contributed by atoms with Gasteiger partial charge in [-0.15, -0.1) is 0 Å². The Bertz CT molecular complexity index is 934. The molecule has 2 aliphatic carbocycles. The monoisotopic (exact) mass is 408 g/mol. The van der Waals surface area contributed by atoms with Crippen molar-refractivity contribution in [2.75, 3.05) is 20.3 Å². The number of aliphatic hydroxyl groups excluding tert-OH is 1. The second-order valence-corrected chi connectivity index (χ2v) is 8.87. The number of carbonyl (C=O) groups excluding carboxylic acids is 1. The molecule has 1 spiro atoms. The number of methoxy groups -OCH3 is 1. The molecule has 5 nitrogen and oxygen atoms in total. The van der Waals surface area contributed by atoms with E-state index in [1.165, 1.54) is 12.7 Å². The Morgan fingerprint density at radius 2 is 1.90 bits per heavy atom. The zero-order valence-corrected chi connectivity index (χ0v) is 17.3. The van der Waals surface area contributed by atoms with Crippen LogP contribution in [0.5, 0.6) is 0 Å². The van der Waals surface area contributed by atoms with Crippen LogP contribution in [-0.2, 0) is 26.0 Å². The van der Waals surface area contributed by atoms with E-state index in [-0.39, 0.29) is 17.3 Å². The van der Waals surface area contributed by atoms with Gasteiger partial charge >= 0.3 is 5.97 Å². The average Bonchev–Trinajstić information content (AvgIpc) is 3.23.